The molecule has 2 rings (SSSR count). The van der Waals surface area contributed by atoms with Crippen molar-refractivity contribution >= 4 is 17.4 Å². The van der Waals surface area contributed by atoms with Gasteiger partial charge in [0.1, 0.15) is 5.82 Å². The highest BCUT2D eigenvalue weighted by atomic mass is 32.2. The van der Waals surface area contributed by atoms with Gasteiger partial charge in [0.15, 0.2) is 0 Å². The van der Waals surface area contributed by atoms with Crippen molar-refractivity contribution in [2.24, 2.45) is 5.73 Å². The number of anilines is 1. The Morgan fingerprint density at radius 2 is 2.11 bits per heavy atom. The van der Waals surface area contributed by atoms with Gasteiger partial charge < -0.3 is 10.6 Å². The van der Waals surface area contributed by atoms with Crippen molar-refractivity contribution in [3.63, 3.8) is 0 Å². The van der Waals surface area contributed by atoms with Gasteiger partial charge in [-0.1, -0.05) is 13.0 Å². The molecule has 0 saturated carbocycles. The van der Waals surface area contributed by atoms with Gasteiger partial charge in [-0.2, -0.15) is 11.8 Å². The van der Waals surface area contributed by atoms with Crippen LogP contribution in [0.1, 0.15) is 18.9 Å². The largest absolute Gasteiger partial charge is 0.368 e. The van der Waals surface area contributed by atoms with Crippen LogP contribution in [0.3, 0.4) is 0 Å². The van der Waals surface area contributed by atoms with E-state index in [4.69, 9.17) is 5.73 Å². The van der Waals surface area contributed by atoms with Crippen LogP contribution in [0.5, 0.6) is 0 Å². The number of halogens is 1. The second-order valence-corrected chi connectivity index (χ2v) is 5.98. The van der Waals surface area contributed by atoms with Crippen molar-refractivity contribution in [2.75, 3.05) is 29.5 Å². The molecular formula is C14H21FN2S. The summed E-state index contributed by atoms with van der Waals surface area (Å²) < 4.78 is 14.1. The van der Waals surface area contributed by atoms with E-state index < -0.39 is 0 Å². The number of nitrogens with two attached hydrogens (primary N) is 1. The molecule has 1 atom stereocenters. The third-order valence-corrected chi connectivity index (χ3v) is 4.33. The molecule has 2 nitrogen and oxygen atoms in total. The molecule has 0 radical (unpaired) electrons. The molecule has 0 aromatic heterocycles. The molecular weight excluding hydrogens is 247 g/mol. The zero-order valence-corrected chi connectivity index (χ0v) is 11.7. The minimum absolute atomic E-state index is 0.109. The second kappa shape index (κ2) is 6.43. The topological polar surface area (TPSA) is 29.3 Å². The molecule has 1 aromatic rings. The Morgan fingerprint density at radius 1 is 1.39 bits per heavy atom. The third-order valence-electron chi connectivity index (χ3n) is 3.39. The molecule has 0 bridgehead atoms. The Hall–Kier alpha value is -0.740. The highest BCUT2D eigenvalue weighted by Gasteiger charge is 2.15. The third kappa shape index (κ3) is 3.39. The molecule has 1 aromatic carbocycles. The van der Waals surface area contributed by atoms with Crippen molar-refractivity contribution in [3.8, 4) is 0 Å². The summed E-state index contributed by atoms with van der Waals surface area (Å²) in [5, 5.41) is 0. The first-order chi connectivity index (χ1) is 8.70. The molecule has 1 aliphatic heterocycles. The first kappa shape index (κ1) is 13.7. The standard InChI is InChI=1S/C14H21FN2S/c1-2-12(16)9-11-3-4-14(13(15)10-11)17-5-7-18-8-6-17/h3-4,10,12H,2,5-9,16H2,1H3. The van der Waals surface area contributed by atoms with E-state index in [0.717, 1.165) is 48.7 Å². The van der Waals surface area contributed by atoms with Crippen molar-refractivity contribution in [2.45, 2.75) is 25.8 Å². The molecule has 0 aliphatic carbocycles. The van der Waals surface area contributed by atoms with Crippen molar-refractivity contribution in [3.05, 3.63) is 29.6 Å². The molecule has 0 amide bonds. The average Bonchev–Trinajstić information content (AvgIpc) is 2.40. The lowest BCUT2D eigenvalue weighted by molar-refractivity contribution is 0.608. The van der Waals surface area contributed by atoms with E-state index in [9.17, 15) is 4.39 Å². The van der Waals surface area contributed by atoms with Crippen molar-refractivity contribution in [1.29, 1.82) is 0 Å². The SMILES string of the molecule is CCC(N)Cc1ccc(N2CCSCC2)c(F)c1. The Labute approximate surface area is 113 Å². The summed E-state index contributed by atoms with van der Waals surface area (Å²) in [4.78, 5) is 2.13. The molecule has 100 valence electrons. The molecule has 1 heterocycles. The molecule has 2 N–H and O–H groups in total. The van der Waals surface area contributed by atoms with Crippen LogP contribution < -0.4 is 10.6 Å². The van der Waals surface area contributed by atoms with E-state index in [2.05, 4.69) is 11.8 Å². The van der Waals surface area contributed by atoms with Crippen LogP contribution in [-0.4, -0.2) is 30.6 Å². The molecule has 1 fully saturated rings. The summed E-state index contributed by atoms with van der Waals surface area (Å²) >= 11 is 1.93. The van der Waals surface area contributed by atoms with Crippen LogP contribution in [0.25, 0.3) is 0 Å². The van der Waals surface area contributed by atoms with Crippen LogP contribution >= 0.6 is 11.8 Å². The van der Waals surface area contributed by atoms with E-state index in [1.54, 1.807) is 6.07 Å². The van der Waals surface area contributed by atoms with Gasteiger partial charge in [-0.15, -0.1) is 0 Å². The van der Waals surface area contributed by atoms with Gasteiger partial charge in [-0.25, -0.2) is 4.39 Å². The van der Waals surface area contributed by atoms with Gasteiger partial charge in [0, 0.05) is 30.6 Å². The molecule has 0 spiro atoms. The molecule has 4 heteroatoms. The number of rotatable bonds is 4. The summed E-state index contributed by atoms with van der Waals surface area (Å²) in [6.45, 7) is 3.94. The van der Waals surface area contributed by atoms with Crippen LogP contribution in [-0.2, 0) is 6.42 Å². The van der Waals surface area contributed by atoms with Gasteiger partial charge in [0.25, 0.3) is 0 Å². The fraction of sp³-hybridized carbons (Fsp3) is 0.571. The van der Waals surface area contributed by atoms with Crippen LogP contribution in [0.4, 0.5) is 10.1 Å². The average molecular weight is 268 g/mol. The van der Waals surface area contributed by atoms with Gasteiger partial charge in [-0.3, -0.25) is 0 Å². The van der Waals surface area contributed by atoms with Gasteiger partial charge in [0.2, 0.25) is 0 Å². The maximum absolute atomic E-state index is 14.1. The highest BCUT2D eigenvalue weighted by Crippen LogP contribution is 2.24. The molecule has 18 heavy (non-hydrogen) atoms. The Balaban J connectivity index is 2.09. The smallest absolute Gasteiger partial charge is 0.146 e. The van der Waals surface area contributed by atoms with Gasteiger partial charge in [0.05, 0.1) is 5.69 Å². The zero-order chi connectivity index (χ0) is 13.0. The Kier molecular flexibility index (Phi) is 4.89. The zero-order valence-electron chi connectivity index (χ0n) is 10.9. The summed E-state index contributed by atoms with van der Waals surface area (Å²) in [7, 11) is 0. The molecule has 1 aliphatic rings. The lowest BCUT2D eigenvalue weighted by atomic mass is 10.0. The summed E-state index contributed by atoms with van der Waals surface area (Å²) in [5.41, 5.74) is 7.64. The first-order valence-corrected chi connectivity index (χ1v) is 7.73. The van der Waals surface area contributed by atoms with E-state index in [-0.39, 0.29) is 11.9 Å². The Bertz CT molecular complexity index is 391. The number of nitrogens with zero attached hydrogens (tertiary/aromatic N) is 1. The number of benzene rings is 1. The lowest BCUT2D eigenvalue weighted by Gasteiger charge is -2.29. The van der Waals surface area contributed by atoms with E-state index in [1.807, 2.05) is 23.9 Å². The fourth-order valence-electron chi connectivity index (χ4n) is 2.19. The van der Waals surface area contributed by atoms with Crippen LogP contribution in [0.15, 0.2) is 18.2 Å². The van der Waals surface area contributed by atoms with Crippen LogP contribution in [0.2, 0.25) is 0 Å². The first-order valence-electron chi connectivity index (χ1n) is 6.57. The summed E-state index contributed by atoms with van der Waals surface area (Å²) in [6, 6.07) is 5.69. The van der Waals surface area contributed by atoms with E-state index in [0.29, 0.717) is 0 Å². The minimum Gasteiger partial charge on any atom is -0.368 e. The highest BCUT2D eigenvalue weighted by molar-refractivity contribution is 7.99. The van der Waals surface area contributed by atoms with Gasteiger partial charge in [-0.05, 0) is 30.5 Å². The maximum Gasteiger partial charge on any atom is 0.146 e. The molecule has 1 saturated heterocycles. The quantitative estimate of drug-likeness (QED) is 0.910. The number of hydrogen-bond donors (Lipinski definition) is 1. The van der Waals surface area contributed by atoms with Crippen molar-refractivity contribution in [1.82, 2.24) is 0 Å². The monoisotopic (exact) mass is 268 g/mol. The minimum atomic E-state index is -0.109. The van der Waals surface area contributed by atoms with Crippen LogP contribution in [0, 0.1) is 5.82 Å². The normalized spacial score (nSPS) is 17.8. The second-order valence-electron chi connectivity index (χ2n) is 4.76. The number of hydrogen-bond acceptors (Lipinski definition) is 3. The summed E-state index contributed by atoms with van der Waals surface area (Å²) in [5.74, 6) is 2.06. The predicted octanol–water partition coefficient (Wildman–Crippen LogP) is 2.66. The molecule has 1 unspecified atom stereocenters. The number of thioether (sulfide) groups is 1. The lowest BCUT2D eigenvalue weighted by Crippen LogP contribution is -2.33. The van der Waals surface area contributed by atoms with E-state index >= 15 is 0 Å². The van der Waals surface area contributed by atoms with Crippen molar-refractivity contribution < 1.29 is 4.39 Å². The predicted molar refractivity (Wildman–Crippen MR) is 77.9 cm³/mol. The maximum atomic E-state index is 14.1. The Morgan fingerprint density at radius 3 is 2.72 bits per heavy atom. The van der Waals surface area contributed by atoms with E-state index in [1.165, 1.54) is 0 Å². The fourth-order valence-corrected chi connectivity index (χ4v) is 3.09. The van der Waals surface area contributed by atoms with Gasteiger partial charge >= 0.3 is 0 Å². The summed E-state index contributed by atoms with van der Waals surface area (Å²) in [6.07, 6.45) is 1.68.